The maximum Gasteiger partial charge on any atom is 0.241 e. The number of rotatable bonds is 6. The largest absolute Gasteiger partial charge is 0.494 e. The molecule has 0 aliphatic carbocycles. The first-order valence-corrected chi connectivity index (χ1v) is 8.36. The second-order valence-corrected chi connectivity index (χ2v) is 6.67. The van der Waals surface area contributed by atoms with E-state index in [2.05, 4.69) is 17.1 Å². The van der Waals surface area contributed by atoms with Crippen LogP contribution in [-0.2, 0) is 4.79 Å². The summed E-state index contributed by atoms with van der Waals surface area (Å²) in [5, 5.41) is 12.5. The van der Waals surface area contributed by atoms with Crippen molar-refractivity contribution in [3.63, 3.8) is 0 Å². The highest BCUT2D eigenvalue weighted by molar-refractivity contribution is 5.94. The Morgan fingerprint density at radius 2 is 2.13 bits per heavy atom. The SMILES string of the molecule is CCOc1ccc(NC(=O)C(C)N2CCCC(C)(CO)C2)cc1. The van der Waals surface area contributed by atoms with Gasteiger partial charge in [-0.3, -0.25) is 9.69 Å². The van der Waals surface area contributed by atoms with Crippen molar-refractivity contribution < 1.29 is 14.6 Å². The third kappa shape index (κ3) is 4.69. The van der Waals surface area contributed by atoms with E-state index in [0.717, 1.165) is 37.4 Å². The number of carbonyl (C=O) groups excluding carboxylic acids is 1. The molecular weight excluding hydrogens is 292 g/mol. The molecule has 0 bridgehead atoms. The van der Waals surface area contributed by atoms with Crippen molar-refractivity contribution in [1.29, 1.82) is 0 Å². The van der Waals surface area contributed by atoms with Gasteiger partial charge in [-0.1, -0.05) is 6.92 Å². The number of nitrogens with one attached hydrogen (secondary N) is 1. The summed E-state index contributed by atoms with van der Waals surface area (Å²) in [6, 6.07) is 7.20. The van der Waals surface area contributed by atoms with Crippen molar-refractivity contribution in [3.8, 4) is 5.75 Å². The molecule has 5 heteroatoms. The molecule has 1 heterocycles. The molecule has 0 radical (unpaired) electrons. The number of ether oxygens (including phenoxy) is 1. The van der Waals surface area contributed by atoms with Crippen molar-refractivity contribution >= 4 is 11.6 Å². The number of likely N-dealkylation sites (tertiary alicyclic amines) is 1. The van der Waals surface area contributed by atoms with E-state index in [1.807, 2.05) is 38.1 Å². The van der Waals surface area contributed by atoms with Crippen LogP contribution in [0, 0.1) is 5.41 Å². The van der Waals surface area contributed by atoms with Gasteiger partial charge in [0.1, 0.15) is 5.75 Å². The lowest BCUT2D eigenvalue weighted by Crippen LogP contribution is -2.51. The summed E-state index contributed by atoms with van der Waals surface area (Å²) >= 11 is 0. The number of benzene rings is 1. The summed E-state index contributed by atoms with van der Waals surface area (Å²) in [7, 11) is 0. The molecule has 0 spiro atoms. The third-order valence-corrected chi connectivity index (χ3v) is 4.55. The molecule has 1 aliphatic heterocycles. The Morgan fingerprint density at radius 3 is 2.74 bits per heavy atom. The Morgan fingerprint density at radius 1 is 1.43 bits per heavy atom. The van der Waals surface area contributed by atoms with Crippen LogP contribution in [0.4, 0.5) is 5.69 Å². The van der Waals surface area contributed by atoms with Gasteiger partial charge >= 0.3 is 0 Å². The first-order valence-electron chi connectivity index (χ1n) is 8.36. The van der Waals surface area contributed by atoms with Gasteiger partial charge in [-0.25, -0.2) is 0 Å². The van der Waals surface area contributed by atoms with E-state index >= 15 is 0 Å². The predicted octanol–water partition coefficient (Wildman–Crippen LogP) is 2.51. The number of aliphatic hydroxyl groups excluding tert-OH is 1. The van der Waals surface area contributed by atoms with E-state index in [0.29, 0.717) is 6.61 Å². The molecule has 2 atom stereocenters. The van der Waals surface area contributed by atoms with Gasteiger partial charge in [-0.15, -0.1) is 0 Å². The highest BCUT2D eigenvalue weighted by Gasteiger charge is 2.34. The molecule has 128 valence electrons. The molecule has 5 nitrogen and oxygen atoms in total. The van der Waals surface area contributed by atoms with E-state index in [-0.39, 0.29) is 24.0 Å². The number of nitrogens with zero attached hydrogens (tertiary/aromatic N) is 1. The van der Waals surface area contributed by atoms with Crippen LogP contribution in [0.1, 0.15) is 33.6 Å². The van der Waals surface area contributed by atoms with E-state index in [4.69, 9.17) is 4.74 Å². The van der Waals surface area contributed by atoms with E-state index in [1.54, 1.807) is 0 Å². The number of hydrogen-bond acceptors (Lipinski definition) is 4. The van der Waals surface area contributed by atoms with Gasteiger partial charge < -0.3 is 15.2 Å². The molecule has 2 rings (SSSR count). The fourth-order valence-electron chi connectivity index (χ4n) is 3.03. The number of piperidine rings is 1. The molecule has 1 saturated heterocycles. The lowest BCUT2D eigenvalue weighted by molar-refractivity contribution is -0.122. The zero-order chi connectivity index (χ0) is 16.9. The van der Waals surface area contributed by atoms with E-state index < -0.39 is 0 Å². The van der Waals surface area contributed by atoms with Gasteiger partial charge in [0, 0.05) is 24.3 Å². The van der Waals surface area contributed by atoms with Gasteiger partial charge in [0.05, 0.1) is 12.6 Å². The monoisotopic (exact) mass is 320 g/mol. The van der Waals surface area contributed by atoms with Gasteiger partial charge in [-0.05, 0) is 57.5 Å². The standard InChI is InChI=1S/C18H28N2O3/c1-4-23-16-8-6-15(7-9-16)19-17(22)14(2)20-11-5-10-18(3,12-20)13-21/h6-9,14,21H,4-5,10-13H2,1-3H3,(H,19,22). The van der Waals surface area contributed by atoms with Crippen LogP contribution in [0.5, 0.6) is 5.75 Å². The summed E-state index contributed by atoms with van der Waals surface area (Å²) < 4.78 is 5.40. The van der Waals surface area contributed by atoms with Crippen molar-refractivity contribution in [2.24, 2.45) is 5.41 Å². The average Bonchev–Trinajstić information content (AvgIpc) is 2.56. The fraction of sp³-hybridized carbons (Fsp3) is 0.611. The highest BCUT2D eigenvalue weighted by Crippen LogP contribution is 2.30. The lowest BCUT2D eigenvalue weighted by atomic mass is 9.82. The summed E-state index contributed by atoms with van der Waals surface area (Å²) in [5.41, 5.74) is 0.665. The molecule has 2 N–H and O–H groups in total. The van der Waals surface area contributed by atoms with Crippen molar-refractivity contribution in [2.75, 3.05) is 31.6 Å². The molecule has 1 amide bonds. The number of aliphatic hydroxyl groups is 1. The zero-order valence-electron chi connectivity index (χ0n) is 14.3. The van der Waals surface area contributed by atoms with Crippen molar-refractivity contribution in [1.82, 2.24) is 4.90 Å². The van der Waals surface area contributed by atoms with Crippen LogP contribution in [-0.4, -0.2) is 48.3 Å². The minimum Gasteiger partial charge on any atom is -0.494 e. The summed E-state index contributed by atoms with van der Waals surface area (Å²) in [6.45, 7) is 8.38. The second kappa shape index (κ2) is 7.79. The topological polar surface area (TPSA) is 61.8 Å². The smallest absolute Gasteiger partial charge is 0.241 e. The Bertz CT molecular complexity index is 518. The Balaban J connectivity index is 1.94. The molecule has 23 heavy (non-hydrogen) atoms. The van der Waals surface area contributed by atoms with Crippen molar-refractivity contribution in [3.05, 3.63) is 24.3 Å². The molecule has 0 saturated carbocycles. The van der Waals surface area contributed by atoms with E-state index in [9.17, 15) is 9.90 Å². The Hall–Kier alpha value is -1.59. The average molecular weight is 320 g/mol. The zero-order valence-corrected chi connectivity index (χ0v) is 14.3. The first-order chi connectivity index (χ1) is 11.0. The third-order valence-electron chi connectivity index (χ3n) is 4.55. The quantitative estimate of drug-likeness (QED) is 0.845. The molecule has 2 unspecified atom stereocenters. The fourth-order valence-corrected chi connectivity index (χ4v) is 3.03. The molecule has 1 aliphatic rings. The van der Waals surface area contributed by atoms with Crippen LogP contribution in [0.2, 0.25) is 0 Å². The molecule has 1 aromatic carbocycles. The van der Waals surface area contributed by atoms with Gasteiger partial charge in [-0.2, -0.15) is 0 Å². The minimum atomic E-state index is -0.215. The number of hydrogen-bond donors (Lipinski definition) is 2. The number of anilines is 1. The van der Waals surface area contributed by atoms with Gasteiger partial charge in [0.25, 0.3) is 0 Å². The molecule has 1 fully saturated rings. The highest BCUT2D eigenvalue weighted by atomic mass is 16.5. The maximum absolute atomic E-state index is 12.5. The summed E-state index contributed by atoms with van der Waals surface area (Å²) in [6.07, 6.45) is 2.02. The normalized spacial score (nSPS) is 23.3. The summed E-state index contributed by atoms with van der Waals surface area (Å²) in [5.74, 6) is 0.782. The number of carbonyl (C=O) groups is 1. The van der Waals surface area contributed by atoms with Crippen LogP contribution in [0.15, 0.2) is 24.3 Å². The minimum absolute atomic E-state index is 0.0173. The molecule has 1 aromatic rings. The predicted molar refractivity (Wildman–Crippen MR) is 91.7 cm³/mol. The molecular formula is C18H28N2O3. The van der Waals surface area contributed by atoms with Crippen LogP contribution in [0.3, 0.4) is 0 Å². The maximum atomic E-state index is 12.5. The first kappa shape index (κ1) is 17.8. The van der Waals surface area contributed by atoms with Crippen molar-refractivity contribution in [2.45, 2.75) is 39.7 Å². The molecule has 0 aromatic heterocycles. The van der Waals surface area contributed by atoms with Crippen LogP contribution < -0.4 is 10.1 Å². The van der Waals surface area contributed by atoms with Gasteiger partial charge in [0.2, 0.25) is 5.91 Å². The van der Waals surface area contributed by atoms with Gasteiger partial charge in [0.15, 0.2) is 0 Å². The van der Waals surface area contributed by atoms with E-state index in [1.165, 1.54) is 0 Å². The lowest BCUT2D eigenvalue weighted by Gasteiger charge is -2.41. The Kier molecular flexibility index (Phi) is 6.02. The second-order valence-electron chi connectivity index (χ2n) is 6.67. The van der Waals surface area contributed by atoms with Crippen LogP contribution >= 0.6 is 0 Å². The van der Waals surface area contributed by atoms with Crippen LogP contribution in [0.25, 0.3) is 0 Å². The number of amides is 1. The summed E-state index contributed by atoms with van der Waals surface area (Å²) in [4.78, 5) is 14.6. The Labute approximate surface area is 138 Å².